The monoisotopic (exact) mass is 307 g/mol. The fourth-order valence-corrected chi connectivity index (χ4v) is 1.90. The minimum atomic E-state index is -1.21. The van der Waals surface area contributed by atoms with Crippen LogP contribution in [0.25, 0.3) is 0 Å². The zero-order chi connectivity index (χ0) is 15.4. The first-order valence-electron chi connectivity index (χ1n) is 6.02. The molecule has 0 aliphatic rings. The number of nitrogens with one attached hydrogen (secondary N) is 1. The Morgan fingerprint density at radius 3 is 2.38 bits per heavy atom. The van der Waals surface area contributed by atoms with Crippen LogP contribution >= 0.6 is 11.6 Å². The van der Waals surface area contributed by atoms with Crippen LogP contribution in [-0.2, 0) is 4.79 Å². The molecular weight excluding hydrogens is 297 g/mol. The van der Waals surface area contributed by atoms with Crippen LogP contribution in [0.5, 0.6) is 0 Å². The van der Waals surface area contributed by atoms with E-state index < -0.39 is 23.7 Å². The van der Waals surface area contributed by atoms with Gasteiger partial charge in [0.2, 0.25) is 0 Å². The van der Waals surface area contributed by atoms with E-state index in [4.69, 9.17) is 11.6 Å². The molecular formula is C15H11ClFNO3. The van der Waals surface area contributed by atoms with Crippen LogP contribution in [-0.4, -0.2) is 17.0 Å². The lowest BCUT2D eigenvalue weighted by Gasteiger charge is -2.15. The van der Waals surface area contributed by atoms with Gasteiger partial charge in [-0.3, -0.25) is 4.79 Å². The molecule has 0 bridgehead atoms. The molecule has 108 valence electrons. The van der Waals surface area contributed by atoms with Gasteiger partial charge in [0.25, 0.3) is 5.91 Å². The third kappa shape index (κ3) is 3.58. The Kier molecular flexibility index (Phi) is 4.55. The van der Waals surface area contributed by atoms with Gasteiger partial charge < -0.3 is 10.4 Å². The van der Waals surface area contributed by atoms with E-state index in [0.29, 0.717) is 5.56 Å². The van der Waals surface area contributed by atoms with Crippen molar-refractivity contribution in [2.24, 2.45) is 0 Å². The summed E-state index contributed by atoms with van der Waals surface area (Å²) in [5, 5.41) is 11.5. The number of rotatable bonds is 4. The third-order valence-corrected chi connectivity index (χ3v) is 3.14. The Morgan fingerprint density at radius 1 is 1.14 bits per heavy atom. The van der Waals surface area contributed by atoms with Gasteiger partial charge in [-0.05, 0) is 23.8 Å². The molecule has 4 nitrogen and oxygen atoms in total. The quantitative estimate of drug-likeness (QED) is 0.912. The van der Waals surface area contributed by atoms with Gasteiger partial charge in [0.15, 0.2) is 6.04 Å². The summed E-state index contributed by atoms with van der Waals surface area (Å²) in [7, 11) is 0. The number of amides is 1. The van der Waals surface area contributed by atoms with Gasteiger partial charge in [0, 0.05) is 5.56 Å². The van der Waals surface area contributed by atoms with Gasteiger partial charge in [-0.2, -0.15) is 0 Å². The number of aliphatic carboxylic acids is 1. The average Bonchev–Trinajstić information content (AvgIpc) is 2.48. The lowest BCUT2D eigenvalue weighted by molar-refractivity contribution is -0.139. The predicted molar refractivity (Wildman–Crippen MR) is 75.7 cm³/mol. The van der Waals surface area contributed by atoms with Gasteiger partial charge in [-0.1, -0.05) is 41.9 Å². The van der Waals surface area contributed by atoms with Gasteiger partial charge in [0.1, 0.15) is 5.82 Å². The molecule has 0 radical (unpaired) electrons. The van der Waals surface area contributed by atoms with Crippen molar-refractivity contribution in [1.82, 2.24) is 5.32 Å². The number of hydrogen-bond donors (Lipinski definition) is 2. The summed E-state index contributed by atoms with van der Waals surface area (Å²) in [6.45, 7) is 0. The van der Waals surface area contributed by atoms with Crippen molar-refractivity contribution >= 4 is 23.5 Å². The number of hydrogen-bond acceptors (Lipinski definition) is 2. The minimum absolute atomic E-state index is 0.000851. The maximum absolute atomic E-state index is 13.3. The van der Waals surface area contributed by atoms with E-state index in [9.17, 15) is 19.1 Å². The zero-order valence-electron chi connectivity index (χ0n) is 10.7. The highest BCUT2D eigenvalue weighted by Gasteiger charge is 2.22. The number of carbonyl (C=O) groups is 2. The Balaban J connectivity index is 2.23. The normalized spacial score (nSPS) is 11.7. The molecule has 0 aromatic heterocycles. The number of halogens is 2. The third-order valence-electron chi connectivity index (χ3n) is 2.84. The molecule has 0 unspecified atom stereocenters. The summed E-state index contributed by atoms with van der Waals surface area (Å²) in [4.78, 5) is 23.3. The SMILES string of the molecule is O=C(N[C@H](C(=O)O)c1ccccc1)c1ccc(Cl)c(F)c1. The molecule has 21 heavy (non-hydrogen) atoms. The Morgan fingerprint density at radius 2 is 1.81 bits per heavy atom. The van der Waals surface area contributed by atoms with E-state index >= 15 is 0 Å². The molecule has 0 aliphatic heterocycles. The average molecular weight is 308 g/mol. The Labute approximate surface area is 125 Å². The van der Waals surface area contributed by atoms with Crippen LogP contribution in [0.3, 0.4) is 0 Å². The maximum atomic E-state index is 13.3. The van der Waals surface area contributed by atoms with E-state index in [0.717, 1.165) is 6.07 Å². The molecule has 6 heteroatoms. The number of carboxylic acids is 1. The molecule has 2 aromatic rings. The van der Waals surface area contributed by atoms with Crippen molar-refractivity contribution < 1.29 is 19.1 Å². The molecule has 1 atom stereocenters. The van der Waals surface area contributed by atoms with E-state index in [1.165, 1.54) is 12.1 Å². The summed E-state index contributed by atoms with van der Waals surface area (Å²) in [5.74, 6) is -2.64. The van der Waals surface area contributed by atoms with Gasteiger partial charge in [-0.15, -0.1) is 0 Å². The topological polar surface area (TPSA) is 66.4 Å². The molecule has 0 fully saturated rings. The van der Waals surface area contributed by atoms with Crippen LogP contribution in [0.4, 0.5) is 4.39 Å². The fourth-order valence-electron chi connectivity index (χ4n) is 1.78. The molecule has 2 N–H and O–H groups in total. The maximum Gasteiger partial charge on any atom is 0.330 e. The van der Waals surface area contributed by atoms with Crippen molar-refractivity contribution in [2.75, 3.05) is 0 Å². The highest BCUT2D eigenvalue weighted by atomic mass is 35.5. The van der Waals surface area contributed by atoms with Crippen LogP contribution in [0.1, 0.15) is 22.0 Å². The van der Waals surface area contributed by atoms with Gasteiger partial charge in [-0.25, -0.2) is 9.18 Å². The van der Waals surface area contributed by atoms with Crippen LogP contribution in [0.15, 0.2) is 48.5 Å². The zero-order valence-corrected chi connectivity index (χ0v) is 11.5. The summed E-state index contributed by atoms with van der Waals surface area (Å²) in [6.07, 6.45) is 0. The summed E-state index contributed by atoms with van der Waals surface area (Å²) < 4.78 is 13.3. The van der Waals surface area contributed by atoms with E-state index in [1.807, 2.05) is 0 Å². The highest BCUT2D eigenvalue weighted by molar-refractivity contribution is 6.30. The molecule has 1 amide bonds. The summed E-state index contributed by atoms with van der Waals surface area (Å²) >= 11 is 5.54. The standard InChI is InChI=1S/C15H11ClFNO3/c16-11-7-6-10(8-12(11)17)14(19)18-13(15(20)21)9-4-2-1-3-5-9/h1-8,13H,(H,18,19)(H,20,21)/t13-/m0/s1. The Hall–Kier alpha value is -2.40. The Bertz CT molecular complexity index is 676. The van der Waals surface area contributed by atoms with E-state index in [1.54, 1.807) is 30.3 Å². The molecule has 0 spiro atoms. The minimum Gasteiger partial charge on any atom is -0.479 e. The van der Waals surface area contributed by atoms with Crippen molar-refractivity contribution in [2.45, 2.75) is 6.04 Å². The first kappa shape index (κ1) is 15.0. The highest BCUT2D eigenvalue weighted by Crippen LogP contribution is 2.17. The van der Waals surface area contributed by atoms with Crippen LogP contribution < -0.4 is 5.32 Å². The second-order valence-corrected chi connectivity index (χ2v) is 4.69. The second kappa shape index (κ2) is 6.37. The largest absolute Gasteiger partial charge is 0.479 e. The number of benzene rings is 2. The second-order valence-electron chi connectivity index (χ2n) is 4.28. The van der Waals surface area contributed by atoms with E-state index in [2.05, 4.69) is 5.32 Å². The molecule has 0 aliphatic carbocycles. The molecule has 0 heterocycles. The van der Waals surface area contributed by atoms with Crippen molar-refractivity contribution in [3.05, 3.63) is 70.5 Å². The van der Waals surface area contributed by atoms with Crippen LogP contribution in [0.2, 0.25) is 5.02 Å². The first-order chi connectivity index (χ1) is 9.99. The number of carbonyl (C=O) groups excluding carboxylic acids is 1. The van der Waals surface area contributed by atoms with Crippen molar-refractivity contribution in [1.29, 1.82) is 0 Å². The lowest BCUT2D eigenvalue weighted by Crippen LogP contribution is -2.33. The summed E-state index contributed by atoms with van der Waals surface area (Å²) in [5.41, 5.74) is 0.423. The molecule has 2 aromatic carbocycles. The number of carboxylic acid groups (broad SMARTS) is 1. The first-order valence-corrected chi connectivity index (χ1v) is 6.40. The summed E-state index contributed by atoms with van der Waals surface area (Å²) in [6, 6.07) is 10.6. The van der Waals surface area contributed by atoms with Gasteiger partial charge >= 0.3 is 5.97 Å². The smallest absolute Gasteiger partial charge is 0.330 e. The van der Waals surface area contributed by atoms with E-state index in [-0.39, 0.29) is 10.6 Å². The predicted octanol–water partition coefficient (Wildman–Crippen LogP) is 3.03. The lowest BCUT2D eigenvalue weighted by atomic mass is 10.1. The molecule has 2 rings (SSSR count). The van der Waals surface area contributed by atoms with Crippen LogP contribution in [0, 0.1) is 5.82 Å². The molecule has 0 saturated carbocycles. The molecule has 0 saturated heterocycles. The fraction of sp³-hybridized carbons (Fsp3) is 0.0667. The van der Waals surface area contributed by atoms with Crippen molar-refractivity contribution in [3.63, 3.8) is 0 Å². The van der Waals surface area contributed by atoms with Crippen molar-refractivity contribution in [3.8, 4) is 0 Å². The van der Waals surface area contributed by atoms with Gasteiger partial charge in [0.05, 0.1) is 5.02 Å².